The summed E-state index contributed by atoms with van der Waals surface area (Å²) in [5.41, 5.74) is 10.1. The number of benzene rings is 4. The van der Waals surface area contributed by atoms with Gasteiger partial charge in [-0.3, -0.25) is 0 Å². The van der Waals surface area contributed by atoms with Gasteiger partial charge in [0.05, 0.1) is 5.69 Å². The van der Waals surface area contributed by atoms with Crippen molar-refractivity contribution in [3.63, 3.8) is 0 Å². The van der Waals surface area contributed by atoms with Crippen LogP contribution in [0.3, 0.4) is 0 Å². The predicted octanol–water partition coefficient (Wildman–Crippen LogP) is 8.60. The Morgan fingerprint density at radius 2 is 1.21 bits per heavy atom. The quantitative estimate of drug-likeness (QED) is 0.304. The van der Waals surface area contributed by atoms with Crippen LogP contribution in [0.15, 0.2) is 109 Å². The third-order valence-corrected chi connectivity index (χ3v) is 6.82. The van der Waals surface area contributed by atoms with E-state index in [1.54, 1.807) is 0 Å². The first kappa shape index (κ1) is 22.0. The summed E-state index contributed by atoms with van der Waals surface area (Å²) in [6.07, 6.45) is 4.60. The SMILES string of the molecule is Cc1cc(C(C)C)ccc1N1C=CN(c2c(-c3ccccc3)cccc2-c2ccccc2)[C@H]1C. The van der Waals surface area contributed by atoms with E-state index >= 15 is 0 Å². The third-order valence-electron chi connectivity index (χ3n) is 6.82. The lowest BCUT2D eigenvalue weighted by Gasteiger charge is -2.33. The van der Waals surface area contributed by atoms with E-state index in [9.17, 15) is 0 Å². The van der Waals surface area contributed by atoms with Gasteiger partial charge < -0.3 is 9.80 Å². The second-order valence-electron chi connectivity index (χ2n) is 9.38. The molecule has 0 saturated heterocycles. The van der Waals surface area contributed by atoms with E-state index in [-0.39, 0.29) is 6.17 Å². The smallest absolute Gasteiger partial charge is 0.107 e. The van der Waals surface area contributed by atoms with E-state index < -0.39 is 0 Å². The molecule has 1 aliphatic rings. The van der Waals surface area contributed by atoms with Crippen molar-refractivity contribution >= 4 is 11.4 Å². The normalized spacial score (nSPS) is 15.4. The number of hydrogen-bond acceptors (Lipinski definition) is 2. The standard InChI is InChI=1S/C32H32N2/c1-23(2)28-18-19-31(24(3)22-28)33-20-21-34(25(33)4)32-29(26-12-7-5-8-13-26)16-11-17-30(32)27-14-9-6-10-15-27/h5-23,25H,1-4H3/t25-/m0/s1. The molecule has 0 fully saturated rings. The summed E-state index contributed by atoms with van der Waals surface area (Å²) in [4.78, 5) is 4.80. The highest BCUT2D eigenvalue weighted by Crippen LogP contribution is 2.43. The highest BCUT2D eigenvalue weighted by molar-refractivity contribution is 5.92. The Morgan fingerprint density at radius 1 is 0.647 bits per heavy atom. The summed E-state index contributed by atoms with van der Waals surface area (Å²) >= 11 is 0. The molecule has 4 aromatic rings. The van der Waals surface area contributed by atoms with Crippen LogP contribution in [-0.2, 0) is 0 Å². The molecule has 0 bridgehead atoms. The van der Waals surface area contributed by atoms with Crippen molar-refractivity contribution in [2.45, 2.75) is 39.8 Å². The van der Waals surface area contributed by atoms with E-state index in [2.05, 4.69) is 147 Å². The average Bonchev–Trinajstić information content (AvgIpc) is 3.25. The Bertz CT molecular complexity index is 1250. The second kappa shape index (κ2) is 9.23. The fourth-order valence-electron chi connectivity index (χ4n) is 4.92. The molecule has 170 valence electrons. The Morgan fingerprint density at radius 3 is 1.74 bits per heavy atom. The van der Waals surface area contributed by atoms with Crippen LogP contribution < -0.4 is 9.80 Å². The van der Waals surface area contributed by atoms with Crippen molar-refractivity contribution in [1.29, 1.82) is 0 Å². The lowest BCUT2D eigenvalue weighted by Crippen LogP contribution is -2.36. The van der Waals surface area contributed by atoms with E-state index in [0.29, 0.717) is 5.92 Å². The highest BCUT2D eigenvalue weighted by Gasteiger charge is 2.29. The fourth-order valence-corrected chi connectivity index (χ4v) is 4.92. The molecule has 5 rings (SSSR count). The first-order chi connectivity index (χ1) is 16.5. The minimum absolute atomic E-state index is 0.149. The molecular formula is C32H32N2. The maximum absolute atomic E-state index is 2.42. The zero-order chi connectivity index (χ0) is 23.7. The number of rotatable bonds is 5. The Labute approximate surface area is 203 Å². The summed E-state index contributed by atoms with van der Waals surface area (Å²) in [7, 11) is 0. The van der Waals surface area contributed by atoms with Crippen molar-refractivity contribution < 1.29 is 0 Å². The van der Waals surface area contributed by atoms with Gasteiger partial charge in [0.25, 0.3) is 0 Å². The topological polar surface area (TPSA) is 6.48 Å². The minimum Gasteiger partial charge on any atom is -0.325 e. The predicted molar refractivity (Wildman–Crippen MR) is 146 cm³/mol. The van der Waals surface area contributed by atoms with Crippen molar-refractivity contribution in [3.05, 3.63) is 121 Å². The summed E-state index contributed by atoms with van der Waals surface area (Å²) in [5.74, 6) is 0.530. The molecule has 34 heavy (non-hydrogen) atoms. The van der Waals surface area contributed by atoms with E-state index in [1.807, 2.05) is 0 Å². The molecule has 0 spiro atoms. The maximum atomic E-state index is 2.42. The lowest BCUT2D eigenvalue weighted by atomic mass is 9.95. The van der Waals surface area contributed by atoms with Crippen molar-refractivity contribution in [1.82, 2.24) is 0 Å². The number of aryl methyl sites for hydroxylation is 1. The number of para-hydroxylation sites is 1. The largest absolute Gasteiger partial charge is 0.325 e. The Kier molecular flexibility index (Phi) is 5.98. The van der Waals surface area contributed by atoms with Gasteiger partial charge in [-0.05, 0) is 48.1 Å². The van der Waals surface area contributed by atoms with Crippen LogP contribution in [0.1, 0.15) is 37.8 Å². The molecule has 0 N–H and O–H groups in total. The summed E-state index contributed by atoms with van der Waals surface area (Å²) < 4.78 is 0. The van der Waals surface area contributed by atoms with Crippen LogP contribution in [0.5, 0.6) is 0 Å². The number of nitrogens with zero attached hydrogens (tertiary/aromatic N) is 2. The van der Waals surface area contributed by atoms with Crippen LogP contribution in [0.4, 0.5) is 11.4 Å². The molecular weight excluding hydrogens is 412 g/mol. The van der Waals surface area contributed by atoms with Crippen LogP contribution in [0.2, 0.25) is 0 Å². The van der Waals surface area contributed by atoms with Gasteiger partial charge in [0.2, 0.25) is 0 Å². The first-order valence-electron chi connectivity index (χ1n) is 12.1. The molecule has 0 aliphatic carbocycles. The molecule has 0 unspecified atom stereocenters. The summed E-state index contributed by atoms with van der Waals surface area (Å²) in [6.45, 7) is 9.00. The minimum atomic E-state index is 0.149. The third kappa shape index (κ3) is 4.01. The van der Waals surface area contributed by atoms with E-state index in [4.69, 9.17) is 0 Å². The molecule has 1 aliphatic heterocycles. The number of hydrogen-bond donors (Lipinski definition) is 0. The molecule has 1 atom stereocenters. The van der Waals surface area contributed by atoms with E-state index in [0.717, 1.165) is 0 Å². The lowest BCUT2D eigenvalue weighted by molar-refractivity contribution is 0.748. The van der Waals surface area contributed by atoms with Gasteiger partial charge in [-0.25, -0.2) is 0 Å². The number of anilines is 2. The molecule has 4 aromatic carbocycles. The molecule has 0 amide bonds. The van der Waals surface area contributed by atoms with Crippen LogP contribution in [0.25, 0.3) is 22.3 Å². The van der Waals surface area contributed by atoms with Crippen molar-refractivity contribution in [2.24, 2.45) is 0 Å². The molecule has 1 heterocycles. The molecule has 0 aromatic heterocycles. The molecule has 2 heteroatoms. The average molecular weight is 445 g/mol. The van der Waals surface area contributed by atoms with Gasteiger partial charge >= 0.3 is 0 Å². The van der Waals surface area contributed by atoms with Gasteiger partial charge in [-0.1, -0.05) is 105 Å². The van der Waals surface area contributed by atoms with Gasteiger partial charge in [0.15, 0.2) is 0 Å². The zero-order valence-corrected chi connectivity index (χ0v) is 20.4. The van der Waals surface area contributed by atoms with Crippen molar-refractivity contribution in [3.8, 4) is 22.3 Å². The van der Waals surface area contributed by atoms with Crippen molar-refractivity contribution in [2.75, 3.05) is 9.80 Å². The van der Waals surface area contributed by atoms with Crippen LogP contribution in [-0.4, -0.2) is 6.17 Å². The van der Waals surface area contributed by atoms with Gasteiger partial charge in [-0.2, -0.15) is 0 Å². The maximum Gasteiger partial charge on any atom is 0.107 e. The van der Waals surface area contributed by atoms with Crippen LogP contribution >= 0.6 is 0 Å². The Balaban J connectivity index is 1.61. The molecule has 0 radical (unpaired) electrons. The van der Waals surface area contributed by atoms with Crippen LogP contribution in [0, 0.1) is 6.92 Å². The van der Waals surface area contributed by atoms with Gasteiger partial charge in [-0.15, -0.1) is 0 Å². The highest BCUT2D eigenvalue weighted by atomic mass is 15.4. The first-order valence-corrected chi connectivity index (χ1v) is 12.1. The fraction of sp³-hybridized carbons (Fsp3) is 0.188. The summed E-state index contributed by atoms with van der Waals surface area (Å²) in [6, 6.07) is 34.9. The molecule has 0 saturated carbocycles. The molecule has 2 nitrogen and oxygen atoms in total. The van der Waals surface area contributed by atoms with E-state index in [1.165, 1.54) is 44.8 Å². The van der Waals surface area contributed by atoms with Gasteiger partial charge in [0, 0.05) is 29.2 Å². The Hall–Kier alpha value is -3.78. The zero-order valence-electron chi connectivity index (χ0n) is 20.4. The monoisotopic (exact) mass is 444 g/mol. The second-order valence-corrected chi connectivity index (χ2v) is 9.38. The van der Waals surface area contributed by atoms with Gasteiger partial charge in [0.1, 0.15) is 6.17 Å². The summed E-state index contributed by atoms with van der Waals surface area (Å²) in [5, 5.41) is 0.